The largest absolute Gasteiger partial charge is 0.409 e. The summed E-state index contributed by atoms with van der Waals surface area (Å²) < 4.78 is 1.73. The van der Waals surface area contributed by atoms with Crippen LogP contribution in [0.5, 0.6) is 0 Å². The van der Waals surface area contributed by atoms with Crippen molar-refractivity contribution in [3.8, 4) is 0 Å². The molecule has 1 aromatic heterocycles. The van der Waals surface area contributed by atoms with Crippen molar-refractivity contribution >= 4 is 60.6 Å². The summed E-state index contributed by atoms with van der Waals surface area (Å²) in [7, 11) is 1.70. The van der Waals surface area contributed by atoms with Crippen molar-refractivity contribution < 1.29 is 10.0 Å². The third kappa shape index (κ3) is 3.45. The van der Waals surface area contributed by atoms with E-state index in [0.717, 1.165) is 13.9 Å². The van der Waals surface area contributed by atoms with Crippen LogP contribution >= 0.6 is 43.2 Å². The summed E-state index contributed by atoms with van der Waals surface area (Å²) in [4.78, 5) is 14.6. The molecule has 8 heteroatoms. The molecule has 1 aromatic carbocycles. The van der Waals surface area contributed by atoms with E-state index in [1.807, 2.05) is 0 Å². The summed E-state index contributed by atoms with van der Waals surface area (Å²) in [6.45, 7) is 0. The molecular formula is C13H11Br2N3O2S. The molecule has 0 saturated heterocycles. The first kappa shape index (κ1) is 16.0. The Morgan fingerprint density at radius 3 is 2.43 bits per heavy atom. The molecule has 0 radical (unpaired) electrons. The van der Waals surface area contributed by atoms with Crippen molar-refractivity contribution in [1.82, 2.24) is 0 Å². The molecule has 3 N–H and O–H groups in total. The minimum Gasteiger partial charge on any atom is -0.409 e. The van der Waals surface area contributed by atoms with Crippen molar-refractivity contribution in [2.45, 2.75) is 0 Å². The Labute approximate surface area is 142 Å². The summed E-state index contributed by atoms with van der Waals surface area (Å²) in [5.41, 5.74) is 6.81. The summed E-state index contributed by atoms with van der Waals surface area (Å²) in [6, 6.07) is 8.63. The lowest BCUT2D eigenvalue weighted by molar-refractivity contribution is 0.0997. The van der Waals surface area contributed by atoms with Gasteiger partial charge in [-0.25, -0.2) is 0 Å². The molecule has 5 nitrogen and oxygen atoms in total. The SMILES string of the molecule is CN(C(=O)c1cc(Br)c(Br)s1)c1ccc(/C(N)=N/O)cc1. The summed E-state index contributed by atoms with van der Waals surface area (Å²) >= 11 is 8.10. The van der Waals surface area contributed by atoms with Gasteiger partial charge in [0.1, 0.15) is 0 Å². The summed E-state index contributed by atoms with van der Waals surface area (Å²) in [5.74, 6) is -0.0791. The Balaban J connectivity index is 2.23. The minimum atomic E-state index is -0.108. The van der Waals surface area contributed by atoms with E-state index in [1.165, 1.54) is 11.3 Å². The van der Waals surface area contributed by atoms with Crippen molar-refractivity contribution in [1.29, 1.82) is 0 Å². The van der Waals surface area contributed by atoms with Gasteiger partial charge in [0.15, 0.2) is 5.84 Å². The van der Waals surface area contributed by atoms with Crippen LogP contribution in [-0.4, -0.2) is 24.0 Å². The number of hydrogen-bond acceptors (Lipinski definition) is 4. The van der Waals surface area contributed by atoms with Gasteiger partial charge in [0.05, 0.1) is 8.66 Å². The molecule has 2 aromatic rings. The number of hydrogen-bond donors (Lipinski definition) is 2. The van der Waals surface area contributed by atoms with Crippen molar-refractivity contribution in [2.75, 3.05) is 11.9 Å². The van der Waals surface area contributed by atoms with E-state index in [9.17, 15) is 4.79 Å². The second-order valence-electron chi connectivity index (χ2n) is 4.13. The zero-order valence-corrected chi connectivity index (χ0v) is 14.9. The van der Waals surface area contributed by atoms with Gasteiger partial charge in [-0.15, -0.1) is 11.3 Å². The topological polar surface area (TPSA) is 78.9 Å². The number of rotatable bonds is 3. The van der Waals surface area contributed by atoms with Crippen LogP contribution in [0.3, 0.4) is 0 Å². The van der Waals surface area contributed by atoms with E-state index in [0.29, 0.717) is 10.4 Å². The van der Waals surface area contributed by atoms with Gasteiger partial charge < -0.3 is 15.8 Å². The van der Waals surface area contributed by atoms with Gasteiger partial charge in [0.2, 0.25) is 0 Å². The second-order valence-corrected chi connectivity index (χ2v) is 7.35. The van der Waals surface area contributed by atoms with Gasteiger partial charge in [-0.2, -0.15) is 0 Å². The van der Waals surface area contributed by atoms with Gasteiger partial charge in [-0.1, -0.05) is 5.16 Å². The van der Waals surface area contributed by atoms with Crippen LogP contribution in [0.15, 0.2) is 43.7 Å². The van der Waals surface area contributed by atoms with E-state index in [2.05, 4.69) is 37.0 Å². The van der Waals surface area contributed by atoms with E-state index in [4.69, 9.17) is 10.9 Å². The maximum Gasteiger partial charge on any atom is 0.268 e. The molecule has 0 aliphatic heterocycles. The van der Waals surface area contributed by atoms with Crippen LogP contribution in [0.25, 0.3) is 0 Å². The number of nitrogens with two attached hydrogens (primary N) is 1. The maximum atomic E-state index is 12.4. The number of anilines is 1. The molecule has 1 heterocycles. The number of amidine groups is 1. The molecule has 0 spiro atoms. The average Bonchev–Trinajstić information content (AvgIpc) is 2.84. The Morgan fingerprint density at radius 1 is 1.33 bits per heavy atom. The van der Waals surface area contributed by atoms with E-state index >= 15 is 0 Å². The number of oxime groups is 1. The molecule has 1 amide bonds. The highest BCUT2D eigenvalue weighted by molar-refractivity contribution is 9.13. The minimum absolute atomic E-state index is 0.0293. The molecule has 0 saturated carbocycles. The van der Waals surface area contributed by atoms with Crippen molar-refractivity contribution in [3.63, 3.8) is 0 Å². The first-order chi connectivity index (χ1) is 9.93. The van der Waals surface area contributed by atoms with Gasteiger partial charge in [-0.3, -0.25) is 4.79 Å². The standard InChI is InChI=1S/C13H11Br2N3O2S/c1-18(13(19)10-6-9(14)11(15)21-10)8-4-2-7(3-5-8)12(16)17-20/h2-6,20H,1H3,(H2,16,17). The molecule has 21 heavy (non-hydrogen) atoms. The Kier molecular flexibility index (Phi) is 5.02. The van der Waals surface area contributed by atoms with Crippen molar-refractivity contribution in [2.24, 2.45) is 10.9 Å². The van der Waals surface area contributed by atoms with Gasteiger partial charge in [-0.05, 0) is 62.2 Å². The quantitative estimate of drug-likeness (QED) is 0.336. The number of halogens is 2. The summed E-state index contributed by atoms with van der Waals surface area (Å²) in [5, 5.41) is 11.6. The molecule has 0 aliphatic rings. The molecule has 0 bridgehead atoms. The zero-order chi connectivity index (χ0) is 15.6. The smallest absolute Gasteiger partial charge is 0.268 e. The lowest BCUT2D eigenvalue weighted by atomic mass is 10.2. The maximum absolute atomic E-state index is 12.4. The van der Waals surface area contributed by atoms with Crippen molar-refractivity contribution in [3.05, 3.63) is 49.0 Å². The molecule has 2 rings (SSSR count). The van der Waals surface area contributed by atoms with E-state index in [1.54, 1.807) is 42.3 Å². The van der Waals surface area contributed by atoms with E-state index < -0.39 is 0 Å². The molecular weight excluding hydrogens is 422 g/mol. The lowest BCUT2D eigenvalue weighted by Gasteiger charge is -2.16. The van der Waals surface area contributed by atoms with E-state index in [-0.39, 0.29) is 11.7 Å². The Bertz CT molecular complexity index is 678. The van der Waals surface area contributed by atoms with Gasteiger partial charge in [0.25, 0.3) is 5.91 Å². The van der Waals surface area contributed by atoms with Crippen LogP contribution in [0.2, 0.25) is 0 Å². The summed E-state index contributed by atoms with van der Waals surface area (Å²) in [6.07, 6.45) is 0. The first-order valence-electron chi connectivity index (χ1n) is 5.75. The Hall–Kier alpha value is -1.38. The predicted molar refractivity (Wildman–Crippen MR) is 91.4 cm³/mol. The third-order valence-electron chi connectivity index (χ3n) is 2.82. The van der Waals surface area contributed by atoms with Crippen LogP contribution in [0.1, 0.15) is 15.2 Å². The van der Waals surface area contributed by atoms with Gasteiger partial charge in [0, 0.05) is 22.8 Å². The highest BCUT2D eigenvalue weighted by Crippen LogP contribution is 2.33. The number of carbonyl (C=O) groups excluding carboxylic acids is 1. The fourth-order valence-corrected chi connectivity index (χ4v) is 3.66. The second kappa shape index (κ2) is 6.59. The normalized spacial score (nSPS) is 11.5. The number of nitrogens with zero attached hydrogens (tertiary/aromatic N) is 2. The van der Waals surface area contributed by atoms with Crippen LogP contribution in [0.4, 0.5) is 5.69 Å². The monoisotopic (exact) mass is 431 g/mol. The number of thiophene rings is 1. The Morgan fingerprint density at radius 2 is 1.95 bits per heavy atom. The number of amides is 1. The van der Waals surface area contributed by atoms with Gasteiger partial charge >= 0.3 is 0 Å². The fraction of sp³-hybridized carbons (Fsp3) is 0.0769. The fourth-order valence-electron chi connectivity index (χ4n) is 1.65. The predicted octanol–water partition coefficient (Wildman–Crippen LogP) is 3.64. The molecule has 0 aliphatic carbocycles. The molecule has 110 valence electrons. The third-order valence-corrected chi connectivity index (χ3v) is 6.06. The average molecular weight is 433 g/mol. The number of carbonyl (C=O) groups is 1. The lowest BCUT2D eigenvalue weighted by Crippen LogP contribution is -2.25. The zero-order valence-electron chi connectivity index (χ0n) is 10.9. The molecule has 0 unspecified atom stereocenters. The highest BCUT2D eigenvalue weighted by Gasteiger charge is 2.17. The first-order valence-corrected chi connectivity index (χ1v) is 8.15. The molecule has 0 atom stereocenters. The number of benzene rings is 1. The highest BCUT2D eigenvalue weighted by atomic mass is 79.9. The van der Waals surface area contributed by atoms with Crippen LogP contribution in [-0.2, 0) is 0 Å². The molecule has 0 fully saturated rings. The van der Waals surface area contributed by atoms with Crippen LogP contribution < -0.4 is 10.6 Å². The van der Waals surface area contributed by atoms with Crippen LogP contribution in [0, 0.1) is 0 Å².